The molecule has 6 nitrogen and oxygen atoms in total. The molecular formula is C16H24N4O2. The summed E-state index contributed by atoms with van der Waals surface area (Å²) in [5, 5.41) is 4.26. The average molecular weight is 304 g/mol. The summed E-state index contributed by atoms with van der Waals surface area (Å²) in [5.41, 5.74) is 0. The van der Waals surface area contributed by atoms with E-state index in [-0.39, 0.29) is 23.8 Å². The molecule has 3 rings (SSSR count). The third kappa shape index (κ3) is 3.00. The Morgan fingerprint density at radius 2 is 2.27 bits per heavy atom. The summed E-state index contributed by atoms with van der Waals surface area (Å²) >= 11 is 0. The number of likely N-dealkylation sites (tertiary alicyclic amines) is 2. The van der Waals surface area contributed by atoms with Crippen LogP contribution in [0.25, 0.3) is 0 Å². The molecule has 1 aromatic heterocycles. The van der Waals surface area contributed by atoms with Crippen LogP contribution in [0, 0.1) is 5.92 Å². The number of nitrogens with zero attached hydrogens (tertiary/aromatic N) is 4. The zero-order valence-corrected chi connectivity index (χ0v) is 13.1. The van der Waals surface area contributed by atoms with Crippen LogP contribution in [0.2, 0.25) is 0 Å². The van der Waals surface area contributed by atoms with Gasteiger partial charge in [0.15, 0.2) is 0 Å². The Kier molecular flexibility index (Phi) is 4.45. The monoisotopic (exact) mass is 304 g/mol. The molecule has 2 aliphatic rings. The van der Waals surface area contributed by atoms with E-state index in [1.165, 1.54) is 0 Å². The quantitative estimate of drug-likeness (QED) is 0.838. The molecule has 22 heavy (non-hydrogen) atoms. The lowest BCUT2D eigenvalue weighted by Gasteiger charge is -2.37. The number of hydrogen-bond acceptors (Lipinski definition) is 3. The molecule has 2 aliphatic heterocycles. The predicted molar refractivity (Wildman–Crippen MR) is 81.9 cm³/mol. The summed E-state index contributed by atoms with van der Waals surface area (Å²) in [6, 6.07) is 2.11. The molecule has 0 spiro atoms. The van der Waals surface area contributed by atoms with Crippen LogP contribution in [0.1, 0.15) is 32.6 Å². The molecule has 0 unspecified atom stereocenters. The lowest BCUT2D eigenvalue weighted by molar-refractivity contribution is -0.139. The normalized spacial score (nSPS) is 25.8. The van der Waals surface area contributed by atoms with Crippen molar-refractivity contribution in [3.8, 4) is 0 Å². The van der Waals surface area contributed by atoms with Gasteiger partial charge in [-0.1, -0.05) is 0 Å². The van der Waals surface area contributed by atoms with E-state index in [0.717, 1.165) is 32.4 Å². The Balaban J connectivity index is 1.68. The van der Waals surface area contributed by atoms with Gasteiger partial charge in [0.25, 0.3) is 0 Å². The van der Waals surface area contributed by atoms with Crippen molar-refractivity contribution in [2.24, 2.45) is 5.92 Å². The summed E-state index contributed by atoms with van der Waals surface area (Å²) in [6.07, 6.45) is 7.31. The Labute approximate surface area is 131 Å². The summed E-state index contributed by atoms with van der Waals surface area (Å²) in [4.78, 5) is 28.5. The van der Waals surface area contributed by atoms with Gasteiger partial charge >= 0.3 is 0 Å². The zero-order valence-electron chi connectivity index (χ0n) is 13.1. The van der Waals surface area contributed by atoms with E-state index < -0.39 is 0 Å². The standard InChI is InChI=1S/C16H24N4O2/c1-2-18-11-13(10-15(18)21)16(22)20-9-4-3-6-14(20)12-19-8-5-7-17-19/h5,7-8,13-14H,2-4,6,9-12H2,1H3/t13-,14-/m0/s1. The summed E-state index contributed by atoms with van der Waals surface area (Å²) in [7, 11) is 0. The highest BCUT2D eigenvalue weighted by Crippen LogP contribution is 2.25. The molecule has 2 atom stereocenters. The first-order valence-corrected chi connectivity index (χ1v) is 8.24. The first-order chi connectivity index (χ1) is 10.7. The van der Waals surface area contributed by atoms with Crippen molar-refractivity contribution in [3.05, 3.63) is 18.5 Å². The number of carbonyl (C=O) groups is 2. The Hall–Kier alpha value is -1.85. The first-order valence-electron chi connectivity index (χ1n) is 8.24. The number of carbonyl (C=O) groups excluding carboxylic acids is 2. The van der Waals surface area contributed by atoms with Crippen molar-refractivity contribution < 1.29 is 9.59 Å². The van der Waals surface area contributed by atoms with Crippen LogP contribution < -0.4 is 0 Å². The second-order valence-corrected chi connectivity index (χ2v) is 6.24. The van der Waals surface area contributed by atoms with Gasteiger partial charge in [-0.15, -0.1) is 0 Å². The minimum absolute atomic E-state index is 0.112. The van der Waals surface area contributed by atoms with Gasteiger partial charge in [-0.2, -0.15) is 5.10 Å². The van der Waals surface area contributed by atoms with Crippen LogP contribution in [-0.4, -0.2) is 57.1 Å². The summed E-state index contributed by atoms with van der Waals surface area (Å²) in [6.45, 7) is 4.79. The zero-order chi connectivity index (χ0) is 15.5. The summed E-state index contributed by atoms with van der Waals surface area (Å²) < 4.78 is 1.90. The van der Waals surface area contributed by atoms with Crippen LogP contribution >= 0.6 is 0 Å². The highest BCUT2D eigenvalue weighted by atomic mass is 16.2. The van der Waals surface area contributed by atoms with E-state index >= 15 is 0 Å². The minimum atomic E-state index is -0.161. The SMILES string of the molecule is CCN1C[C@@H](C(=O)N2CCCC[C@H]2Cn2cccn2)CC1=O. The van der Waals surface area contributed by atoms with E-state index in [1.54, 1.807) is 11.1 Å². The predicted octanol–water partition coefficient (Wildman–Crippen LogP) is 1.13. The molecule has 0 radical (unpaired) electrons. The summed E-state index contributed by atoms with van der Waals surface area (Å²) in [5.74, 6) is 0.105. The Morgan fingerprint density at radius 1 is 1.41 bits per heavy atom. The smallest absolute Gasteiger partial charge is 0.228 e. The molecule has 0 aromatic carbocycles. The first kappa shape index (κ1) is 15.1. The van der Waals surface area contributed by atoms with E-state index in [9.17, 15) is 9.59 Å². The molecule has 0 N–H and O–H groups in total. The highest BCUT2D eigenvalue weighted by molar-refractivity contribution is 5.89. The van der Waals surface area contributed by atoms with E-state index in [1.807, 2.05) is 28.8 Å². The highest BCUT2D eigenvalue weighted by Gasteiger charge is 2.38. The number of aromatic nitrogens is 2. The molecule has 2 fully saturated rings. The van der Waals surface area contributed by atoms with Crippen LogP contribution in [0.3, 0.4) is 0 Å². The fourth-order valence-corrected chi connectivity index (χ4v) is 3.58. The van der Waals surface area contributed by atoms with E-state index in [4.69, 9.17) is 0 Å². The largest absolute Gasteiger partial charge is 0.342 e. The topological polar surface area (TPSA) is 58.4 Å². The molecule has 0 saturated carbocycles. The van der Waals surface area contributed by atoms with Crippen LogP contribution in [0.15, 0.2) is 18.5 Å². The number of hydrogen-bond donors (Lipinski definition) is 0. The van der Waals surface area contributed by atoms with Crippen LogP contribution in [0.4, 0.5) is 0 Å². The van der Waals surface area contributed by atoms with Gasteiger partial charge in [-0.3, -0.25) is 14.3 Å². The molecule has 120 valence electrons. The molecule has 3 heterocycles. The van der Waals surface area contributed by atoms with Gasteiger partial charge < -0.3 is 9.80 Å². The fraction of sp³-hybridized carbons (Fsp3) is 0.688. The van der Waals surface area contributed by atoms with Gasteiger partial charge in [0.1, 0.15) is 0 Å². The maximum absolute atomic E-state index is 12.9. The lowest BCUT2D eigenvalue weighted by atomic mass is 9.98. The van der Waals surface area contributed by atoms with Crippen molar-refractivity contribution in [1.29, 1.82) is 0 Å². The van der Waals surface area contributed by atoms with Crippen molar-refractivity contribution in [3.63, 3.8) is 0 Å². The average Bonchev–Trinajstić information content (AvgIpc) is 3.16. The van der Waals surface area contributed by atoms with E-state index in [2.05, 4.69) is 5.10 Å². The second-order valence-electron chi connectivity index (χ2n) is 6.24. The van der Waals surface area contributed by atoms with Crippen molar-refractivity contribution in [2.45, 2.75) is 45.2 Å². The van der Waals surface area contributed by atoms with Crippen molar-refractivity contribution in [2.75, 3.05) is 19.6 Å². The third-order valence-electron chi connectivity index (χ3n) is 4.81. The number of amides is 2. The molecule has 1 aromatic rings. The maximum Gasteiger partial charge on any atom is 0.228 e. The van der Waals surface area contributed by atoms with Gasteiger partial charge in [-0.05, 0) is 32.3 Å². The van der Waals surface area contributed by atoms with Crippen molar-refractivity contribution >= 4 is 11.8 Å². The van der Waals surface area contributed by atoms with Crippen LogP contribution in [0.5, 0.6) is 0 Å². The Morgan fingerprint density at radius 3 is 2.95 bits per heavy atom. The van der Waals surface area contributed by atoms with E-state index in [0.29, 0.717) is 19.5 Å². The van der Waals surface area contributed by atoms with Gasteiger partial charge in [0, 0.05) is 38.4 Å². The lowest BCUT2D eigenvalue weighted by Crippen LogP contribution is -2.48. The van der Waals surface area contributed by atoms with Gasteiger partial charge in [0.2, 0.25) is 11.8 Å². The Bertz CT molecular complexity index is 528. The number of piperidine rings is 1. The molecule has 2 amide bonds. The molecule has 0 bridgehead atoms. The molecule has 2 saturated heterocycles. The second kappa shape index (κ2) is 6.50. The fourth-order valence-electron chi connectivity index (χ4n) is 3.58. The van der Waals surface area contributed by atoms with Gasteiger partial charge in [0.05, 0.1) is 18.5 Å². The van der Waals surface area contributed by atoms with Crippen molar-refractivity contribution in [1.82, 2.24) is 19.6 Å². The molecular weight excluding hydrogens is 280 g/mol. The number of rotatable bonds is 4. The maximum atomic E-state index is 12.9. The molecule has 0 aliphatic carbocycles. The third-order valence-corrected chi connectivity index (χ3v) is 4.81. The van der Waals surface area contributed by atoms with Gasteiger partial charge in [-0.25, -0.2) is 0 Å². The minimum Gasteiger partial charge on any atom is -0.342 e. The van der Waals surface area contributed by atoms with Crippen LogP contribution in [-0.2, 0) is 16.1 Å². The molecule has 6 heteroatoms.